The van der Waals surface area contributed by atoms with Crippen LogP contribution in [0.4, 0.5) is 0 Å². The first-order chi connectivity index (χ1) is 10.3. The first kappa shape index (κ1) is 15.6. The summed E-state index contributed by atoms with van der Waals surface area (Å²) in [4.78, 5) is 0. The number of nitrogens with one attached hydrogen (secondary N) is 1. The summed E-state index contributed by atoms with van der Waals surface area (Å²) in [5.74, 6) is 0.867. The summed E-state index contributed by atoms with van der Waals surface area (Å²) in [7, 11) is 1.69. The number of benzene rings is 1. The van der Waals surface area contributed by atoms with Crippen LogP contribution in [0.1, 0.15) is 30.8 Å². The molecule has 2 rings (SSSR count). The monoisotopic (exact) mass is 289 g/mol. The smallest absolute Gasteiger partial charge is 0.165 e. The predicted octanol–water partition coefficient (Wildman–Crippen LogP) is 1.60. The molecule has 1 aromatic heterocycles. The van der Waals surface area contributed by atoms with Crippen LogP contribution >= 0.6 is 0 Å². The topological polar surface area (TPSA) is 64.9 Å². The third kappa shape index (κ3) is 4.91. The van der Waals surface area contributed by atoms with Crippen molar-refractivity contribution in [1.29, 1.82) is 0 Å². The van der Waals surface area contributed by atoms with E-state index in [0.29, 0.717) is 13.2 Å². The third-order valence-corrected chi connectivity index (χ3v) is 3.44. The van der Waals surface area contributed by atoms with Gasteiger partial charge in [-0.1, -0.05) is 30.3 Å². The van der Waals surface area contributed by atoms with Gasteiger partial charge in [0.25, 0.3) is 0 Å². The molecule has 0 aliphatic heterocycles. The molecule has 0 aliphatic rings. The number of hydrogen-bond donors (Lipinski definition) is 1. The summed E-state index contributed by atoms with van der Waals surface area (Å²) in [6.07, 6.45) is 2.04. The van der Waals surface area contributed by atoms with Gasteiger partial charge in [-0.05, 0) is 35.8 Å². The molecule has 21 heavy (non-hydrogen) atoms. The van der Waals surface area contributed by atoms with Crippen LogP contribution in [0.25, 0.3) is 0 Å². The second-order valence-corrected chi connectivity index (χ2v) is 5.08. The lowest BCUT2D eigenvalue weighted by molar-refractivity contribution is 0.198. The molecule has 1 aromatic carbocycles. The lowest BCUT2D eigenvalue weighted by Gasteiger charge is -2.13. The second-order valence-electron chi connectivity index (χ2n) is 5.08. The number of rotatable bonds is 9. The average Bonchev–Trinajstić information content (AvgIpc) is 2.99. The minimum atomic E-state index is 0.277. The Bertz CT molecular complexity index is 514. The highest BCUT2D eigenvalue weighted by Gasteiger charge is 2.12. The number of hydrogen-bond acceptors (Lipinski definition) is 5. The SMILES string of the molecule is COCCNCc1nnnn1C(C)CCc1ccccc1. The quantitative estimate of drug-likeness (QED) is 0.710. The standard InChI is InChI=1S/C15H23N5O/c1-13(8-9-14-6-4-3-5-7-14)20-15(17-18-19-20)12-16-10-11-21-2/h3-7,13,16H,8-12H2,1-2H3. The Hall–Kier alpha value is -1.79. The molecule has 0 radical (unpaired) electrons. The van der Waals surface area contributed by atoms with E-state index in [-0.39, 0.29) is 6.04 Å². The Balaban J connectivity index is 1.84. The molecule has 6 nitrogen and oxygen atoms in total. The fourth-order valence-electron chi connectivity index (χ4n) is 2.19. The molecule has 2 aromatic rings. The van der Waals surface area contributed by atoms with E-state index >= 15 is 0 Å². The minimum absolute atomic E-state index is 0.277. The second kappa shape index (κ2) is 8.49. The molecule has 1 atom stereocenters. The Labute approximate surface area is 125 Å². The normalized spacial score (nSPS) is 12.5. The van der Waals surface area contributed by atoms with Gasteiger partial charge in [-0.25, -0.2) is 4.68 Å². The number of ether oxygens (including phenoxy) is 1. The molecule has 6 heteroatoms. The highest BCUT2D eigenvalue weighted by Crippen LogP contribution is 2.14. The lowest BCUT2D eigenvalue weighted by atomic mass is 10.1. The van der Waals surface area contributed by atoms with Gasteiger partial charge in [-0.2, -0.15) is 0 Å². The highest BCUT2D eigenvalue weighted by molar-refractivity contribution is 5.14. The van der Waals surface area contributed by atoms with Crippen molar-refractivity contribution >= 4 is 0 Å². The summed E-state index contributed by atoms with van der Waals surface area (Å²) in [6.45, 7) is 4.29. The summed E-state index contributed by atoms with van der Waals surface area (Å²) in [5.41, 5.74) is 1.34. The maximum absolute atomic E-state index is 5.01. The molecule has 114 valence electrons. The zero-order chi connectivity index (χ0) is 14.9. The predicted molar refractivity (Wildman–Crippen MR) is 80.9 cm³/mol. The van der Waals surface area contributed by atoms with E-state index in [1.165, 1.54) is 5.56 Å². The molecule has 1 N–H and O–H groups in total. The van der Waals surface area contributed by atoms with E-state index in [1.54, 1.807) is 7.11 Å². The molecule has 0 spiro atoms. The molecule has 0 saturated carbocycles. The van der Waals surface area contributed by atoms with Gasteiger partial charge < -0.3 is 10.1 Å². The lowest BCUT2D eigenvalue weighted by Crippen LogP contribution is -2.22. The van der Waals surface area contributed by atoms with Crippen LogP contribution in [0, 0.1) is 0 Å². The van der Waals surface area contributed by atoms with E-state index < -0.39 is 0 Å². The van der Waals surface area contributed by atoms with Crippen LogP contribution < -0.4 is 5.32 Å². The Morgan fingerprint density at radius 1 is 1.29 bits per heavy atom. The van der Waals surface area contributed by atoms with Crippen molar-refractivity contribution in [2.75, 3.05) is 20.3 Å². The fraction of sp³-hybridized carbons (Fsp3) is 0.533. The van der Waals surface area contributed by atoms with Gasteiger partial charge >= 0.3 is 0 Å². The molecular formula is C15H23N5O. The minimum Gasteiger partial charge on any atom is -0.383 e. The number of aryl methyl sites for hydroxylation is 1. The van der Waals surface area contributed by atoms with Crippen molar-refractivity contribution in [1.82, 2.24) is 25.5 Å². The summed E-state index contributed by atoms with van der Waals surface area (Å²) >= 11 is 0. The summed E-state index contributed by atoms with van der Waals surface area (Å²) in [5, 5.41) is 15.3. The van der Waals surface area contributed by atoms with Crippen molar-refractivity contribution in [3.05, 3.63) is 41.7 Å². The fourth-order valence-corrected chi connectivity index (χ4v) is 2.19. The van der Waals surface area contributed by atoms with Gasteiger partial charge in [-0.15, -0.1) is 5.10 Å². The summed E-state index contributed by atoms with van der Waals surface area (Å²) in [6, 6.07) is 10.8. The zero-order valence-corrected chi connectivity index (χ0v) is 12.7. The first-order valence-electron chi connectivity index (χ1n) is 7.31. The number of methoxy groups -OCH3 is 1. The van der Waals surface area contributed by atoms with Gasteiger partial charge in [0, 0.05) is 13.7 Å². The van der Waals surface area contributed by atoms with Gasteiger partial charge in [0.2, 0.25) is 0 Å². The Morgan fingerprint density at radius 3 is 2.86 bits per heavy atom. The van der Waals surface area contributed by atoms with Crippen LogP contribution in [0.5, 0.6) is 0 Å². The Morgan fingerprint density at radius 2 is 2.10 bits per heavy atom. The number of nitrogens with zero attached hydrogens (tertiary/aromatic N) is 4. The maximum Gasteiger partial charge on any atom is 0.165 e. The third-order valence-electron chi connectivity index (χ3n) is 3.44. The van der Waals surface area contributed by atoms with Crippen molar-refractivity contribution in [3.8, 4) is 0 Å². The van der Waals surface area contributed by atoms with E-state index in [2.05, 4.69) is 52.0 Å². The molecule has 0 saturated heterocycles. The van der Waals surface area contributed by atoms with Crippen LogP contribution in [-0.4, -0.2) is 40.5 Å². The largest absolute Gasteiger partial charge is 0.383 e. The maximum atomic E-state index is 5.01. The van der Waals surface area contributed by atoms with E-state index in [4.69, 9.17) is 4.74 Å². The van der Waals surface area contributed by atoms with Crippen LogP contribution in [0.15, 0.2) is 30.3 Å². The number of tetrazole rings is 1. The van der Waals surface area contributed by atoms with Gasteiger partial charge in [0.05, 0.1) is 19.2 Å². The highest BCUT2D eigenvalue weighted by atomic mass is 16.5. The number of aromatic nitrogens is 4. The first-order valence-corrected chi connectivity index (χ1v) is 7.31. The molecule has 1 unspecified atom stereocenters. The van der Waals surface area contributed by atoms with Gasteiger partial charge in [-0.3, -0.25) is 0 Å². The van der Waals surface area contributed by atoms with Crippen molar-refractivity contribution in [2.24, 2.45) is 0 Å². The van der Waals surface area contributed by atoms with E-state index in [1.807, 2.05) is 10.7 Å². The average molecular weight is 289 g/mol. The zero-order valence-electron chi connectivity index (χ0n) is 12.7. The molecular weight excluding hydrogens is 266 g/mol. The van der Waals surface area contributed by atoms with Crippen LogP contribution in [0.3, 0.4) is 0 Å². The van der Waals surface area contributed by atoms with Crippen molar-refractivity contribution in [2.45, 2.75) is 32.4 Å². The summed E-state index contributed by atoms with van der Waals surface area (Å²) < 4.78 is 6.91. The molecule has 1 heterocycles. The van der Waals surface area contributed by atoms with Crippen LogP contribution in [-0.2, 0) is 17.7 Å². The van der Waals surface area contributed by atoms with Crippen LogP contribution in [0.2, 0.25) is 0 Å². The molecule has 0 aliphatic carbocycles. The van der Waals surface area contributed by atoms with Crippen molar-refractivity contribution < 1.29 is 4.74 Å². The molecule has 0 bridgehead atoms. The molecule has 0 fully saturated rings. The van der Waals surface area contributed by atoms with E-state index in [0.717, 1.165) is 25.2 Å². The molecule has 0 amide bonds. The van der Waals surface area contributed by atoms with Gasteiger partial charge in [0.15, 0.2) is 5.82 Å². The van der Waals surface area contributed by atoms with E-state index in [9.17, 15) is 0 Å². The van der Waals surface area contributed by atoms with Gasteiger partial charge in [0.1, 0.15) is 0 Å². The Kier molecular flexibility index (Phi) is 6.30. The van der Waals surface area contributed by atoms with Crippen molar-refractivity contribution in [3.63, 3.8) is 0 Å².